The van der Waals surface area contributed by atoms with Crippen molar-refractivity contribution in [3.63, 3.8) is 0 Å². The van der Waals surface area contributed by atoms with E-state index in [0.29, 0.717) is 11.1 Å². The molecule has 0 saturated carbocycles. The van der Waals surface area contributed by atoms with E-state index in [2.05, 4.69) is 5.32 Å². The molecule has 76 valence electrons. The Hall–Kier alpha value is -2.08. The van der Waals surface area contributed by atoms with Crippen LogP contribution in [0.1, 0.15) is 29.8 Å². The average Bonchev–Trinajstić information content (AvgIpc) is 2.28. The molecule has 1 rings (SSSR count). The lowest BCUT2D eigenvalue weighted by Gasteiger charge is -2.04. The smallest absolute Gasteiger partial charge is 0.255 e. The average molecular weight is 200 g/mol. The summed E-state index contributed by atoms with van der Waals surface area (Å²) in [5, 5.41) is 11.4. The van der Waals surface area contributed by atoms with E-state index in [1.54, 1.807) is 24.3 Å². The normalized spacial score (nSPS) is 10.6. The number of hydrogen-bond acceptors (Lipinski definition) is 2. The lowest BCUT2D eigenvalue weighted by Crippen LogP contribution is -2.21. The molecule has 3 heteroatoms. The summed E-state index contributed by atoms with van der Waals surface area (Å²) in [5.74, 6) is -0.192. The molecule has 0 aliphatic carbocycles. The first-order valence-corrected chi connectivity index (χ1v) is 4.62. The summed E-state index contributed by atoms with van der Waals surface area (Å²) >= 11 is 0. The van der Waals surface area contributed by atoms with Crippen LogP contribution in [0.4, 0.5) is 0 Å². The van der Waals surface area contributed by atoms with E-state index in [1.165, 1.54) is 0 Å². The van der Waals surface area contributed by atoms with Gasteiger partial charge in [-0.3, -0.25) is 4.79 Å². The molecule has 0 saturated heterocycles. The van der Waals surface area contributed by atoms with Gasteiger partial charge in [0, 0.05) is 11.3 Å². The molecule has 0 aliphatic rings. The fraction of sp³-hybridized carbons (Fsp3) is 0.167. The summed E-state index contributed by atoms with van der Waals surface area (Å²) in [6.45, 7) is 3.66. The molecule has 0 spiro atoms. The molecule has 0 fully saturated rings. The summed E-state index contributed by atoms with van der Waals surface area (Å²) in [5.41, 5.74) is 1.78. The van der Waals surface area contributed by atoms with E-state index in [-0.39, 0.29) is 5.91 Å². The fourth-order valence-corrected chi connectivity index (χ4v) is 1.05. The van der Waals surface area contributed by atoms with Gasteiger partial charge < -0.3 is 5.32 Å². The van der Waals surface area contributed by atoms with Crippen molar-refractivity contribution in [3.05, 3.63) is 47.2 Å². The second kappa shape index (κ2) is 4.97. The molecule has 0 atom stereocenters. The van der Waals surface area contributed by atoms with Gasteiger partial charge in [-0.05, 0) is 32.0 Å². The molecule has 0 unspecified atom stereocenters. The van der Waals surface area contributed by atoms with Crippen molar-refractivity contribution in [3.8, 4) is 6.07 Å². The molecule has 1 N–H and O–H groups in total. The van der Waals surface area contributed by atoms with Crippen molar-refractivity contribution in [2.45, 2.75) is 13.8 Å². The topological polar surface area (TPSA) is 52.9 Å². The van der Waals surface area contributed by atoms with Gasteiger partial charge in [-0.2, -0.15) is 5.26 Å². The maximum atomic E-state index is 11.6. The van der Waals surface area contributed by atoms with Crippen LogP contribution in [0.25, 0.3) is 0 Å². The highest BCUT2D eigenvalue weighted by Gasteiger charge is 2.05. The van der Waals surface area contributed by atoms with Gasteiger partial charge in [-0.1, -0.05) is 12.1 Å². The number of amides is 1. The highest BCUT2D eigenvalue weighted by molar-refractivity contribution is 5.95. The number of hydrogen-bond donors (Lipinski definition) is 1. The summed E-state index contributed by atoms with van der Waals surface area (Å²) in [6.07, 6.45) is 1.81. The van der Waals surface area contributed by atoms with Crippen LogP contribution in [-0.2, 0) is 0 Å². The van der Waals surface area contributed by atoms with Gasteiger partial charge in [-0.15, -0.1) is 0 Å². The maximum Gasteiger partial charge on any atom is 0.255 e. The third-order valence-electron chi connectivity index (χ3n) is 2.00. The minimum atomic E-state index is -0.192. The zero-order chi connectivity index (χ0) is 11.3. The number of carbonyl (C=O) groups is 1. The van der Waals surface area contributed by atoms with Crippen molar-refractivity contribution in [1.29, 1.82) is 5.26 Å². The van der Waals surface area contributed by atoms with Crippen LogP contribution in [-0.4, -0.2) is 5.91 Å². The van der Waals surface area contributed by atoms with Crippen molar-refractivity contribution in [2.24, 2.45) is 0 Å². The predicted molar refractivity (Wildman–Crippen MR) is 58.1 cm³/mol. The Morgan fingerprint density at radius 2 is 2.27 bits per heavy atom. The first-order valence-electron chi connectivity index (χ1n) is 4.62. The molecule has 0 aromatic heterocycles. The predicted octanol–water partition coefficient (Wildman–Crippen LogP) is 2.21. The van der Waals surface area contributed by atoms with Crippen LogP contribution >= 0.6 is 0 Å². The number of allylic oxidation sites excluding steroid dienone is 2. The van der Waals surface area contributed by atoms with E-state index in [4.69, 9.17) is 5.26 Å². The minimum Gasteiger partial charge on any atom is -0.326 e. The largest absolute Gasteiger partial charge is 0.326 e. The Morgan fingerprint density at radius 3 is 2.87 bits per heavy atom. The van der Waals surface area contributed by atoms with Crippen molar-refractivity contribution in [1.82, 2.24) is 5.32 Å². The highest BCUT2D eigenvalue weighted by atomic mass is 16.1. The van der Waals surface area contributed by atoms with Gasteiger partial charge >= 0.3 is 0 Å². The van der Waals surface area contributed by atoms with Gasteiger partial charge in [0.1, 0.15) is 0 Å². The molecule has 0 aliphatic heterocycles. The van der Waals surface area contributed by atoms with Gasteiger partial charge in [0.2, 0.25) is 0 Å². The minimum absolute atomic E-state index is 0.192. The molecule has 3 nitrogen and oxygen atoms in total. The van der Waals surface area contributed by atoms with Crippen LogP contribution < -0.4 is 5.32 Å². The van der Waals surface area contributed by atoms with Crippen LogP contribution in [0.5, 0.6) is 0 Å². The number of nitrogens with one attached hydrogen (secondary N) is 1. The van der Waals surface area contributed by atoms with Gasteiger partial charge in [0.05, 0.1) is 11.6 Å². The molecule has 0 bridgehead atoms. The molecular weight excluding hydrogens is 188 g/mol. The Morgan fingerprint density at radius 1 is 1.53 bits per heavy atom. The lowest BCUT2D eigenvalue weighted by molar-refractivity contribution is 0.0966. The van der Waals surface area contributed by atoms with Gasteiger partial charge in [-0.25, -0.2) is 0 Å². The summed E-state index contributed by atoms with van der Waals surface area (Å²) < 4.78 is 0. The van der Waals surface area contributed by atoms with E-state index in [0.717, 1.165) is 5.70 Å². The van der Waals surface area contributed by atoms with Crippen LogP contribution in [0.15, 0.2) is 36.0 Å². The van der Waals surface area contributed by atoms with E-state index < -0.39 is 0 Å². The molecule has 1 aromatic carbocycles. The van der Waals surface area contributed by atoms with Crippen molar-refractivity contribution in [2.75, 3.05) is 0 Å². The molecule has 1 aromatic rings. The molecular formula is C12H12N2O. The highest BCUT2D eigenvalue weighted by Crippen LogP contribution is 2.04. The summed E-state index contributed by atoms with van der Waals surface area (Å²) in [7, 11) is 0. The Bertz CT molecular complexity index is 441. The Labute approximate surface area is 89.0 Å². The standard InChI is InChI=1S/C12H12N2O/c1-3-9(2)14-12(15)11-6-4-5-10(7-11)8-13/h3-7H,1-2H3,(H,14,15)/b9-3+. The second-order valence-corrected chi connectivity index (χ2v) is 3.12. The molecule has 1 amide bonds. The lowest BCUT2D eigenvalue weighted by atomic mass is 10.1. The van der Waals surface area contributed by atoms with Crippen LogP contribution in [0.3, 0.4) is 0 Å². The SMILES string of the molecule is C/C=C(\C)NC(=O)c1cccc(C#N)c1. The van der Waals surface area contributed by atoms with Gasteiger partial charge in [0.25, 0.3) is 5.91 Å². The van der Waals surface area contributed by atoms with Gasteiger partial charge in [0.15, 0.2) is 0 Å². The number of nitrogens with zero attached hydrogens (tertiary/aromatic N) is 1. The maximum absolute atomic E-state index is 11.6. The van der Waals surface area contributed by atoms with E-state index in [1.807, 2.05) is 26.0 Å². The number of benzene rings is 1. The fourth-order valence-electron chi connectivity index (χ4n) is 1.05. The first-order chi connectivity index (χ1) is 7.17. The molecule has 15 heavy (non-hydrogen) atoms. The molecule has 0 heterocycles. The first kappa shape index (κ1) is 11.0. The van der Waals surface area contributed by atoms with Crippen molar-refractivity contribution >= 4 is 5.91 Å². The zero-order valence-electron chi connectivity index (χ0n) is 8.74. The van der Waals surface area contributed by atoms with E-state index >= 15 is 0 Å². The number of nitriles is 1. The quantitative estimate of drug-likeness (QED) is 0.795. The third kappa shape index (κ3) is 2.96. The zero-order valence-corrected chi connectivity index (χ0v) is 8.74. The summed E-state index contributed by atoms with van der Waals surface area (Å²) in [4.78, 5) is 11.6. The number of rotatable bonds is 2. The summed E-state index contributed by atoms with van der Waals surface area (Å²) in [6, 6.07) is 8.60. The Balaban J connectivity index is 2.88. The van der Waals surface area contributed by atoms with Crippen LogP contribution in [0.2, 0.25) is 0 Å². The number of carbonyl (C=O) groups excluding carboxylic acids is 1. The van der Waals surface area contributed by atoms with Crippen LogP contribution in [0, 0.1) is 11.3 Å². The third-order valence-corrected chi connectivity index (χ3v) is 2.00. The monoisotopic (exact) mass is 200 g/mol. The molecule has 0 radical (unpaired) electrons. The van der Waals surface area contributed by atoms with Crippen molar-refractivity contribution < 1.29 is 4.79 Å². The second-order valence-electron chi connectivity index (χ2n) is 3.12. The Kier molecular flexibility index (Phi) is 3.64. The van der Waals surface area contributed by atoms with E-state index in [9.17, 15) is 4.79 Å².